The first-order valence-electron chi connectivity index (χ1n) is 9.53. The highest BCUT2D eigenvalue weighted by molar-refractivity contribution is 6.02. The Morgan fingerprint density at radius 3 is 2.19 bits per heavy atom. The second kappa shape index (κ2) is 6.57. The first-order chi connectivity index (χ1) is 12.2. The van der Waals surface area contributed by atoms with Crippen LogP contribution in [0.3, 0.4) is 0 Å². The predicted molar refractivity (Wildman–Crippen MR) is 101 cm³/mol. The first-order valence-corrected chi connectivity index (χ1v) is 9.53. The summed E-state index contributed by atoms with van der Waals surface area (Å²) in [7, 11) is 0. The summed E-state index contributed by atoms with van der Waals surface area (Å²) in [5.74, 6) is -1.77. The fraction of sp³-hybridized carbons (Fsp3) is 0.545. The minimum absolute atomic E-state index is 0.0769. The number of hydrogen-bond donors (Lipinski definition) is 2. The van der Waals surface area contributed by atoms with Crippen LogP contribution in [0.5, 0.6) is 0 Å². The first kappa shape index (κ1) is 18.7. The second-order valence-electron chi connectivity index (χ2n) is 8.00. The van der Waals surface area contributed by atoms with Gasteiger partial charge in [-0.2, -0.15) is 0 Å². The highest BCUT2D eigenvalue weighted by Crippen LogP contribution is 2.55. The summed E-state index contributed by atoms with van der Waals surface area (Å²) in [6.07, 6.45) is 11.4. The zero-order valence-corrected chi connectivity index (χ0v) is 16.0. The molecule has 0 aromatic rings. The standard InChI is InChI=1S/C12H18.C10H10O4/c1-4-11-6-10-8-12(11,5-2)7-9(10)3;1-4-2-5-3-6(4)8(10(13)14)7(5)9(11)12/h6-7,10H,4-5,8H2,1-3H3;2,5-6H,3H2,1H3,(H,11,12)(H,13,14). The molecule has 26 heavy (non-hydrogen) atoms. The number of rotatable bonds is 4. The van der Waals surface area contributed by atoms with E-state index < -0.39 is 11.9 Å². The number of aliphatic carboxylic acids is 2. The Morgan fingerprint density at radius 1 is 1.04 bits per heavy atom. The number of allylic oxidation sites excluding steroid dienone is 6. The van der Waals surface area contributed by atoms with Crippen LogP contribution in [-0.2, 0) is 9.59 Å². The van der Waals surface area contributed by atoms with Gasteiger partial charge in [-0.3, -0.25) is 0 Å². The van der Waals surface area contributed by atoms with Gasteiger partial charge >= 0.3 is 11.9 Å². The van der Waals surface area contributed by atoms with Crippen molar-refractivity contribution in [3.63, 3.8) is 0 Å². The van der Waals surface area contributed by atoms with Crippen molar-refractivity contribution in [1.82, 2.24) is 0 Å². The smallest absolute Gasteiger partial charge is 0.332 e. The molecule has 0 saturated heterocycles. The lowest BCUT2D eigenvalue weighted by atomic mass is 9.79. The summed E-state index contributed by atoms with van der Waals surface area (Å²) in [5.41, 5.74) is 4.94. The molecule has 0 heterocycles. The Hall–Kier alpha value is -2.10. The highest BCUT2D eigenvalue weighted by Gasteiger charge is 2.44. The molecule has 0 aliphatic heterocycles. The van der Waals surface area contributed by atoms with Crippen molar-refractivity contribution in [2.45, 2.75) is 53.4 Å². The van der Waals surface area contributed by atoms with Crippen LogP contribution < -0.4 is 0 Å². The van der Waals surface area contributed by atoms with Crippen LogP contribution in [0.4, 0.5) is 0 Å². The molecule has 4 heteroatoms. The molecule has 0 aromatic carbocycles. The zero-order valence-electron chi connectivity index (χ0n) is 16.0. The topological polar surface area (TPSA) is 74.6 Å². The third-order valence-corrected chi connectivity index (χ3v) is 6.70. The van der Waals surface area contributed by atoms with Gasteiger partial charge in [-0.25, -0.2) is 9.59 Å². The maximum Gasteiger partial charge on any atom is 0.332 e. The maximum atomic E-state index is 10.9. The van der Waals surface area contributed by atoms with Gasteiger partial charge in [0.1, 0.15) is 0 Å². The molecule has 4 bridgehead atoms. The minimum Gasteiger partial charge on any atom is -0.478 e. The van der Waals surface area contributed by atoms with Gasteiger partial charge in [0.15, 0.2) is 0 Å². The fourth-order valence-corrected chi connectivity index (χ4v) is 5.34. The quantitative estimate of drug-likeness (QED) is 0.713. The number of carboxylic acid groups (broad SMARTS) is 2. The lowest BCUT2D eigenvalue weighted by Gasteiger charge is -2.25. The molecule has 4 nitrogen and oxygen atoms in total. The van der Waals surface area contributed by atoms with Gasteiger partial charge < -0.3 is 10.2 Å². The van der Waals surface area contributed by atoms with Crippen molar-refractivity contribution >= 4 is 11.9 Å². The lowest BCUT2D eigenvalue weighted by molar-refractivity contribution is -0.136. The van der Waals surface area contributed by atoms with E-state index in [0.29, 0.717) is 11.8 Å². The average molecular weight is 356 g/mol. The van der Waals surface area contributed by atoms with Crippen molar-refractivity contribution in [2.75, 3.05) is 0 Å². The van der Waals surface area contributed by atoms with Crippen LogP contribution in [-0.4, -0.2) is 22.2 Å². The Kier molecular flexibility index (Phi) is 4.72. The minimum atomic E-state index is -1.10. The summed E-state index contributed by atoms with van der Waals surface area (Å²) in [4.78, 5) is 21.8. The normalized spacial score (nSPS) is 33.5. The Bertz CT molecular complexity index is 780. The molecule has 0 fully saturated rings. The van der Waals surface area contributed by atoms with Gasteiger partial charge in [0, 0.05) is 17.3 Å². The SMILES string of the molecule is CC1=CC2CC1C(C(=O)O)=C2C(=O)O.CCC1=CC2CC1(CC)C=C2C. The van der Waals surface area contributed by atoms with E-state index in [9.17, 15) is 9.59 Å². The average Bonchev–Trinajstić information content (AvgIpc) is 3.30. The molecule has 4 aliphatic carbocycles. The molecule has 0 amide bonds. The molecule has 0 aromatic heterocycles. The molecule has 4 aliphatic rings. The van der Waals surface area contributed by atoms with E-state index >= 15 is 0 Å². The van der Waals surface area contributed by atoms with E-state index in [-0.39, 0.29) is 23.0 Å². The fourth-order valence-electron chi connectivity index (χ4n) is 5.34. The summed E-state index contributed by atoms with van der Waals surface area (Å²) in [6, 6.07) is 0. The van der Waals surface area contributed by atoms with E-state index in [1.165, 1.54) is 19.3 Å². The van der Waals surface area contributed by atoms with Gasteiger partial charge in [-0.1, -0.05) is 48.8 Å². The van der Waals surface area contributed by atoms with Crippen LogP contribution in [0.1, 0.15) is 53.4 Å². The van der Waals surface area contributed by atoms with Gasteiger partial charge in [0.05, 0.1) is 11.1 Å². The third-order valence-electron chi connectivity index (χ3n) is 6.70. The van der Waals surface area contributed by atoms with E-state index in [1.54, 1.807) is 11.1 Å². The molecular weight excluding hydrogens is 328 g/mol. The van der Waals surface area contributed by atoms with Crippen LogP contribution in [0.15, 0.2) is 46.1 Å². The van der Waals surface area contributed by atoms with Crippen molar-refractivity contribution in [1.29, 1.82) is 0 Å². The second-order valence-corrected chi connectivity index (χ2v) is 8.00. The Balaban J connectivity index is 0.000000152. The van der Waals surface area contributed by atoms with Crippen molar-refractivity contribution < 1.29 is 19.8 Å². The van der Waals surface area contributed by atoms with E-state index in [0.717, 1.165) is 11.5 Å². The number of hydrogen-bond acceptors (Lipinski definition) is 2. The highest BCUT2D eigenvalue weighted by atomic mass is 16.4. The molecule has 2 N–H and O–H groups in total. The number of carbonyl (C=O) groups is 2. The van der Waals surface area contributed by atoms with E-state index in [1.807, 2.05) is 13.0 Å². The van der Waals surface area contributed by atoms with Crippen molar-refractivity contribution in [3.05, 3.63) is 46.1 Å². The molecule has 4 unspecified atom stereocenters. The Morgan fingerprint density at radius 2 is 1.69 bits per heavy atom. The predicted octanol–water partition coefficient (Wildman–Crippen LogP) is 4.75. The largest absolute Gasteiger partial charge is 0.478 e. The number of carboxylic acids is 2. The third kappa shape index (κ3) is 2.76. The zero-order chi connectivity index (χ0) is 19.2. The lowest BCUT2D eigenvalue weighted by Crippen LogP contribution is -2.16. The van der Waals surface area contributed by atoms with Gasteiger partial charge in [-0.05, 0) is 45.4 Å². The van der Waals surface area contributed by atoms with E-state index in [4.69, 9.17) is 10.2 Å². The molecule has 0 radical (unpaired) electrons. The summed E-state index contributed by atoms with van der Waals surface area (Å²) in [6.45, 7) is 8.74. The molecule has 0 saturated carbocycles. The summed E-state index contributed by atoms with van der Waals surface area (Å²) < 4.78 is 0. The number of fused-ring (bicyclic) bond motifs is 4. The Labute approximate surface area is 155 Å². The maximum absolute atomic E-state index is 10.9. The van der Waals surface area contributed by atoms with Crippen LogP contribution in [0.2, 0.25) is 0 Å². The van der Waals surface area contributed by atoms with Gasteiger partial charge in [0.25, 0.3) is 0 Å². The van der Waals surface area contributed by atoms with Gasteiger partial charge in [0.2, 0.25) is 0 Å². The molecule has 4 atom stereocenters. The molecule has 0 spiro atoms. The van der Waals surface area contributed by atoms with E-state index in [2.05, 4.69) is 32.9 Å². The van der Waals surface area contributed by atoms with Crippen LogP contribution >= 0.6 is 0 Å². The molecule has 140 valence electrons. The summed E-state index contributed by atoms with van der Waals surface area (Å²) >= 11 is 0. The summed E-state index contributed by atoms with van der Waals surface area (Å²) in [5, 5.41) is 17.8. The van der Waals surface area contributed by atoms with Crippen LogP contribution in [0, 0.1) is 23.2 Å². The van der Waals surface area contributed by atoms with Gasteiger partial charge in [-0.15, -0.1) is 0 Å². The molecule has 4 rings (SSSR count). The van der Waals surface area contributed by atoms with Crippen molar-refractivity contribution in [3.8, 4) is 0 Å². The van der Waals surface area contributed by atoms with Crippen LogP contribution in [0.25, 0.3) is 0 Å². The molecular formula is C22H28O4. The van der Waals surface area contributed by atoms with Crippen molar-refractivity contribution in [2.24, 2.45) is 23.2 Å². The monoisotopic (exact) mass is 356 g/mol.